The van der Waals surface area contributed by atoms with Crippen LogP contribution in [0.4, 0.5) is 0 Å². The molecule has 1 aromatic carbocycles. The number of benzene rings is 1. The van der Waals surface area contributed by atoms with E-state index in [0.29, 0.717) is 0 Å². The Balaban J connectivity index is 1.98. The maximum Gasteiger partial charge on any atom is 0.323 e. The molecule has 0 radical (unpaired) electrons. The fraction of sp³-hybridized carbons (Fsp3) is 0.364. The van der Waals surface area contributed by atoms with Gasteiger partial charge >= 0.3 is 5.69 Å². The Hall–Kier alpha value is -1.75. The van der Waals surface area contributed by atoms with E-state index in [1.165, 1.54) is 0 Å². The van der Waals surface area contributed by atoms with Gasteiger partial charge in [-0.2, -0.15) is 0 Å². The summed E-state index contributed by atoms with van der Waals surface area (Å²) < 4.78 is 5.85. The van der Waals surface area contributed by atoms with Crippen molar-refractivity contribution in [2.75, 3.05) is 13.1 Å². The highest BCUT2D eigenvalue weighted by Gasteiger charge is 2.17. The van der Waals surface area contributed by atoms with Gasteiger partial charge < -0.3 is 20.0 Å². The molecule has 3 N–H and O–H groups in total. The molecule has 1 aliphatic rings. The lowest BCUT2D eigenvalue weighted by molar-refractivity contribution is 0.225. The minimum Gasteiger partial charge on any atom is -0.487 e. The number of para-hydroxylation sites is 1. The summed E-state index contributed by atoms with van der Waals surface area (Å²) in [5.41, 5.74) is 1.34. The average Bonchev–Trinajstić information content (AvgIpc) is 2.86. The van der Waals surface area contributed by atoms with E-state index >= 15 is 0 Å². The molecule has 0 aliphatic carbocycles. The van der Waals surface area contributed by atoms with Gasteiger partial charge in [0.2, 0.25) is 0 Å². The fourth-order valence-electron chi connectivity index (χ4n) is 2.04. The van der Waals surface area contributed by atoms with Crippen LogP contribution in [0, 0.1) is 0 Å². The first-order valence-corrected chi connectivity index (χ1v) is 5.41. The molecule has 1 unspecified atom stereocenters. The molecule has 84 valence electrons. The molecular weight excluding hydrogens is 206 g/mol. The van der Waals surface area contributed by atoms with Crippen molar-refractivity contribution in [2.24, 2.45) is 0 Å². The van der Waals surface area contributed by atoms with Crippen molar-refractivity contribution >= 4 is 11.0 Å². The molecule has 5 heteroatoms. The SMILES string of the molecule is O=c1[nH]c2cccc(OC3CCNC3)c2[nH]1. The Kier molecular flexibility index (Phi) is 2.18. The van der Waals surface area contributed by atoms with Gasteiger partial charge in [0.15, 0.2) is 0 Å². The first kappa shape index (κ1) is 9.47. The van der Waals surface area contributed by atoms with E-state index in [-0.39, 0.29) is 11.8 Å². The second-order valence-electron chi connectivity index (χ2n) is 3.99. The van der Waals surface area contributed by atoms with Crippen molar-refractivity contribution in [3.05, 3.63) is 28.7 Å². The number of hydrogen-bond acceptors (Lipinski definition) is 3. The number of aromatic amines is 2. The molecule has 1 aliphatic heterocycles. The standard InChI is InChI=1S/C11H13N3O2/c15-11-13-8-2-1-3-9(10(8)14-11)16-7-4-5-12-6-7/h1-3,7,12H,4-6H2,(H2,13,14,15). The summed E-state index contributed by atoms with van der Waals surface area (Å²) in [5.74, 6) is 0.740. The Morgan fingerprint density at radius 1 is 1.31 bits per heavy atom. The Morgan fingerprint density at radius 2 is 2.25 bits per heavy atom. The van der Waals surface area contributed by atoms with Gasteiger partial charge in [0.25, 0.3) is 0 Å². The molecule has 2 aromatic rings. The van der Waals surface area contributed by atoms with Crippen LogP contribution >= 0.6 is 0 Å². The molecule has 1 aromatic heterocycles. The molecule has 0 saturated carbocycles. The zero-order valence-electron chi connectivity index (χ0n) is 8.75. The van der Waals surface area contributed by atoms with Crippen LogP contribution < -0.4 is 15.7 Å². The third kappa shape index (κ3) is 1.59. The molecule has 0 bridgehead atoms. The van der Waals surface area contributed by atoms with Gasteiger partial charge in [-0.05, 0) is 25.1 Å². The molecule has 1 saturated heterocycles. The maximum absolute atomic E-state index is 11.2. The van der Waals surface area contributed by atoms with Crippen molar-refractivity contribution in [1.82, 2.24) is 15.3 Å². The highest BCUT2D eigenvalue weighted by Crippen LogP contribution is 2.23. The van der Waals surface area contributed by atoms with Crippen LogP contribution in [0.2, 0.25) is 0 Å². The first-order valence-electron chi connectivity index (χ1n) is 5.41. The van der Waals surface area contributed by atoms with Gasteiger partial charge in [-0.1, -0.05) is 6.07 Å². The molecule has 0 amide bonds. The van der Waals surface area contributed by atoms with Gasteiger partial charge in [-0.25, -0.2) is 4.79 Å². The van der Waals surface area contributed by atoms with E-state index in [1.807, 2.05) is 18.2 Å². The molecule has 0 spiro atoms. The summed E-state index contributed by atoms with van der Waals surface area (Å²) in [7, 11) is 0. The third-order valence-corrected chi connectivity index (χ3v) is 2.82. The van der Waals surface area contributed by atoms with Crippen molar-refractivity contribution < 1.29 is 4.74 Å². The predicted octanol–water partition coefficient (Wildman–Crippen LogP) is 0.597. The zero-order chi connectivity index (χ0) is 11.0. The first-order chi connectivity index (χ1) is 7.83. The predicted molar refractivity (Wildman–Crippen MR) is 60.8 cm³/mol. The van der Waals surface area contributed by atoms with E-state index in [0.717, 1.165) is 36.3 Å². The molecule has 16 heavy (non-hydrogen) atoms. The van der Waals surface area contributed by atoms with Gasteiger partial charge in [-0.15, -0.1) is 0 Å². The lowest BCUT2D eigenvalue weighted by Crippen LogP contribution is -2.19. The summed E-state index contributed by atoms with van der Waals surface area (Å²) in [4.78, 5) is 16.7. The second kappa shape index (κ2) is 3.68. The van der Waals surface area contributed by atoms with E-state index in [9.17, 15) is 4.79 Å². The van der Waals surface area contributed by atoms with E-state index < -0.39 is 0 Å². The number of aromatic nitrogens is 2. The smallest absolute Gasteiger partial charge is 0.323 e. The zero-order valence-corrected chi connectivity index (χ0v) is 8.75. The fourth-order valence-corrected chi connectivity index (χ4v) is 2.04. The monoisotopic (exact) mass is 219 g/mol. The second-order valence-corrected chi connectivity index (χ2v) is 3.99. The van der Waals surface area contributed by atoms with E-state index in [4.69, 9.17) is 4.74 Å². The minimum absolute atomic E-state index is 0.198. The summed E-state index contributed by atoms with van der Waals surface area (Å²) in [5, 5.41) is 3.24. The van der Waals surface area contributed by atoms with E-state index in [2.05, 4.69) is 15.3 Å². The molecule has 3 rings (SSSR count). The minimum atomic E-state index is -0.199. The summed E-state index contributed by atoms with van der Waals surface area (Å²) in [6.45, 7) is 1.86. The van der Waals surface area contributed by atoms with Crippen LogP contribution in [0.25, 0.3) is 11.0 Å². The van der Waals surface area contributed by atoms with Crippen molar-refractivity contribution in [3.8, 4) is 5.75 Å². The maximum atomic E-state index is 11.2. The topological polar surface area (TPSA) is 69.9 Å². The van der Waals surface area contributed by atoms with Crippen LogP contribution in [0.1, 0.15) is 6.42 Å². The quantitative estimate of drug-likeness (QED) is 0.692. The van der Waals surface area contributed by atoms with Crippen LogP contribution in [-0.4, -0.2) is 29.2 Å². The highest BCUT2D eigenvalue weighted by molar-refractivity contribution is 5.81. The summed E-state index contributed by atoms with van der Waals surface area (Å²) in [6.07, 6.45) is 1.20. The number of ether oxygens (including phenoxy) is 1. The molecule has 1 atom stereocenters. The summed E-state index contributed by atoms with van der Waals surface area (Å²) in [6, 6.07) is 5.61. The summed E-state index contributed by atoms with van der Waals surface area (Å²) >= 11 is 0. The number of rotatable bonds is 2. The molecule has 1 fully saturated rings. The van der Waals surface area contributed by atoms with Crippen LogP contribution in [-0.2, 0) is 0 Å². The lowest BCUT2D eigenvalue weighted by Gasteiger charge is -2.12. The van der Waals surface area contributed by atoms with Crippen molar-refractivity contribution in [2.45, 2.75) is 12.5 Å². The Bertz CT molecular complexity index is 552. The highest BCUT2D eigenvalue weighted by atomic mass is 16.5. The lowest BCUT2D eigenvalue weighted by atomic mass is 10.2. The van der Waals surface area contributed by atoms with E-state index in [1.54, 1.807) is 0 Å². The van der Waals surface area contributed by atoms with Gasteiger partial charge in [0.1, 0.15) is 17.4 Å². The Labute approximate surface area is 91.8 Å². The number of hydrogen-bond donors (Lipinski definition) is 3. The Morgan fingerprint density at radius 3 is 3.06 bits per heavy atom. The molecule has 5 nitrogen and oxygen atoms in total. The number of fused-ring (bicyclic) bond motifs is 1. The number of imidazole rings is 1. The van der Waals surface area contributed by atoms with Gasteiger partial charge in [0, 0.05) is 6.54 Å². The van der Waals surface area contributed by atoms with Gasteiger partial charge in [-0.3, -0.25) is 0 Å². The van der Waals surface area contributed by atoms with Crippen LogP contribution in [0.3, 0.4) is 0 Å². The van der Waals surface area contributed by atoms with Crippen molar-refractivity contribution in [1.29, 1.82) is 0 Å². The van der Waals surface area contributed by atoms with Crippen molar-refractivity contribution in [3.63, 3.8) is 0 Å². The average molecular weight is 219 g/mol. The normalized spacial score (nSPS) is 20.4. The largest absolute Gasteiger partial charge is 0.487 e. The van der Waals surface area contributed by atoms with Crippen LogP contribution in [0.15, 0.2) is 23.0 Å². The number of nitrogens with one attached hydrogen (secondary N) is 3. The molecule has 2 heterocycles. The van der Waals surface area contributed by atoms with Gasteiger partial charge in [0.05, 0.1) is 5.52 Å². The number of H-pyrrole nitrogens is 2. The third-order valence-electron chi connectivity index (χ3n) is 2.82. The molecular formula is C11H13N3O2. The van der Waals surface area contributed by atoms with Crippen LogP contribution in [0.5, 0.6) is 5.75 Å².